The van der Waals surface area contributed by atoms with Crippen molar-refractivity contribution >= 4 is 23.2 Å². The number of hydrogen-bond donors (Lipinski definition) is 1. The molecule has 0 fully saturated rings. The Hall–Kier alpha value is -2.00. The van der Waals surface area contributed by atoms with E-state index in [1.54, 1.807) is 19.2 Å². The number of rotatable bonds is 3. The molecule has 4 heteroatoms. The molecule has 0 bridgehead atoms. The van der Waals surface area contributed by atoms with E-state index < -0.39 is 0 Å². The Morgan fingerprint density at radius 2 is 1.76 bits per heavy atom. The fourth-order valence-electron chi connectivity index (χ4n) is 2.01. The summed E-state index contributed by atoms with van der Waals surface area (Å²) in [7, 11) is 1.55. The summed E-state index contributed by atoms with van der Waals surface area (Å²) in [6, 6.07) is 9.13. The first-order valence-electron chi connectivity index (χ1n) is 6.65. The van der Waals surface area contributed by atoms with E-state index in [1.807, 2.05) is 39.0 Å². The highest BCUT2D eigenvalue weighted by Crippen LogP contribution is 2.31. The van der Waals surface area contributed by atoms with Crippen LogP contribution in [0.15, 0.2) is 30.3 Å². The smallest absolute Gasteiger partial charge is 0.255 e. The van der Waals surface area contributed by atoms with Gasteiger partial charge in [0, 0.05) is 16.7 Å². The summed E-state index contributed by atoms with van der Waals surface area (Å²) in [5.41, 5.74) is 4.36. The van der Waals surface area contributed by atoms with Gasteiger partial charge >= 0.3 is 0 Å². The van der Waals surface area contributed by atoms with Gasteiger partial charge in [-0.1, -0.05) is 17.7 Å². The van der Waals surface area contributed by atoms with Gasteiger partial charge in [0.2, 0.25) is 0 Å². The van der Waals surface area contributed by atoms with Gasteiger partial charge in [0.15, 0.2) is 0 Å². The van der Waals surface area contributed by atoms with Gasteiger partial charge in [-0.05, 0) is 55.7 Å². The minimum absolute atomic E-state index is 0.168. The van der Waals surface area contributed by atoms with Crippen molar-refractivity contribution in [3.05, 3.63) is 57.6 Å². The van der Waals surface area contributed by atoms with Gasteiger partial charge < -0.3 is 10.1 Å². The van der Waals surface area contributed by atoms with Crippen LogP contribution in [0.3, 0.4) is 0 Å². The highest BCUT2D eigenvalue weighted by Gasteiger charge is 2.12. The molecule has 3 nitrogen and oxygen atoms in total. The van der Waals surface area contributed by atoms with E-state index in [9.17, 15) is 4.79 Å². The molecule has 0 radical (unpaired) electrons. The van der Waals surface area contributed by atoms with Crippen LogP contribution in [0, 0.1) is 20.8 Å². The molecule has 0 unspecified atom stereocenters. The summed E-state index contributed by atoms with van der Waals surface area (Å²) in [5, 5.41) is 3.48. The second kappa shape index (κ2) is 6.19. The van der Waals surface area contributed by atoms with E-state index in [0.717, 1.165) is 16.7 Å². The fourth-order valence-corrected chi connectivity index (χ4v) is 2.16. The Kier molecular flexibility index (Phi) is 4.53. The third-order valence-electron chi connectivity index (χ3n) is 3.50. The lowest BCUT2D eigenvalue weighted by molar-refractivity contribution is 0.102. The van der Waals surface area contributed by atoms with Gasteiger partial charge in [-0.15, -0.1) is 0 Å². The Labute approximate surface area is 129 Å². The summed E-state index contributed by atoms with van der Waals surface area (Å²) in [5.74, 6) is 0.376. The van der Waals surface area contributed by atoms with Crippen LogP contribution in [-0.2, 0) is 0 Å². The van der Waals surface area contributed by atoms with Crippen LogP contribution in [0.2, 0.25) is 5.02 Å². The summed E-state index contributed by atoms with van der Waals surface area (Å²) in [4.78, 5) is 12.3. The zero-order valence-electron chi connectivity index (χ0n) is 12.6. The van der Waals surface area contributed by atoms with Crippen LogP contribution >= 0.6 is 11.6 Å². The van der Waals surface area contributed by atoms with E-state index in [4.69, 9.17) is 16.3 Å². The van der Waals surface area contributed by atoms with Gasteiger partial charge in [0.1, 0.15) is 5.75 Å². The molecule has 1 N–H and O–H groups in total. The maximum Gasteiger partial charge on any atom is 0.255 e. The van der Waals surface area contributed by atoms with Crippen molar-refractivity contribution in [2.75, 3.05) is 12.4 Å². The third kappa shape index (κ3) is 3.37. The topological polar surface area (TPSA) is 38.3 Å². The van der Waals surface area contributed by atoms with Crippen LogP contribution < -0.4 is 10.1 Å². The van der Waals surface area contributed by atoms with Gasteiger partial charge in [0.05, 0.1) is 12.8 Å². The van der Waals surface area contributed by atoms with Crippen molar-refractivity contribution in [1.82, 2.24) is 0 Å². The Morgan fingerprint density at radius 3 is 2.38 bits per heavy atom. The van der Waals surface area contributed by atoms with Crippen molar-refractivity contribution in [3.63, 3.8) is 0 Å². The van der Waals surface area contributed by atoms with Crippen LogP contribution in [-0.4, -0.2) is 13.0 Å². The minimum atomic E-state index is -0.168. The molecule has 0 saturated heterocycles. The molecule has 21 heavy (non-hydrogen) atoms. The molecule has 2 aromatic rings. The normalized spacial score (nSPS) is 10.3. The monoisotopic (exact) mass is 303 g/mol. The molecule has 2 aromatic carbocycles. The summed E-state index contributed by atoms with van der Waals surface area (Å²) in [6.07, 6.45) is 0. The SMILES string of the molecule is COc1cc(Cl)c(C)cc1NC(=O)c1ccc(C)c(C)c1. The standard InChI is InChI=1S/C17H18ClNO2/c1-10-5-6-13(7-11(10)2)17(20)19-15-8-12(3)14(18)9-16(15)21-4/h5-9H,1-4H3,(H,19,20). The number of anilines is 1. The van der Waals surface area contributed by atoms with Crippen molar-refractivity contribution < 1.29 is 9.53 Å². The number of halogens is 1. The van der Waals surface area contributed by atoms with Crippen LogP contribution in [0.1, 0.15) is 27.0 Å². The van der Waals surface area contributed by atoms with Crippen LogP contribution in [0.4, 0.5) is 5.69 Å². The summed E-state index contributed by atoms with van der Waals surface area (Å²) in [6.45, 7) is 5.88. The van der Waals surface area contributed by atoms with Gasteiger partial charge in [0.25, 0.3) is 5.91 Å². The minimum Gasteiger partial charge on any atom is -0.495 e. The molecule has 0 aliphatic rings. The zero-order chi connectivity index (χ0) is 15.6. The highest BCUT2D eigenvalue weighted by molar-refractivity contribution is 6.31. The van der Waals surface area contributed by atoms with E-state index in [1.165, 1.54) is 0 Å². The second-order valence-electron chi connectivity index (χ2n) is 5.05. The summed E-state index contributed by atoms with van der Waals surface area (Å²) < 4.78 is 5.26. The highest BCUT2D eigenvalue weighted by atomic mass is 35.5. The molecule has 0 saturated carbocycles. The molecule has 0 heterocycles. The van der Waals surface area contributed by atoms with Crippen molar-refractivity contribution in [2.45, 2.75) is 20.8 Å². The molecule has 0 aliphatic carbocycles. The van der Waals surface area contributed by atoms with Gasteiger partial charge in [-0.3, -0.25) is 4.79 Å². The molecule has 0 spiro atoms. The quantitative estimate of drug-likeness (QED) is 0.905. The average Bonchev–Trinajstić information content (AvgIpc) is 2.45. The zero-order valence-corrected chi connectivity index (χ0v) is 13.3. The van der Waals surface area contributed by atoms with Crippen LogP contribution in [0.25, 0.3) is 0 Å². The Bertz CT molecular complexity index is 695. The number of hydrogen-bond acceptors (Lipinski definition) is 2. The maximum atomic E-state index is 12.3. The Balaban J connectivity index is 2.31. The van der Waals surface area contributed by atoms with E-state index in [-0.39, 0.29) is 5.91 Å². The number of nitrogens with one attached hydrogen (secondary N) is 1. The molecular formula is C17H18ClNO2. The fraction of sp³-hybridized carbons (Fsp3) is 0.235. The lowest BCUT2D eigenvalue weighted by atomic mass is 10.1. The first-order valence-corrected chi connectivity index (χ1v) is 7.03. The average molecular weight is 304 g/mol. The lowest BCUT2D eigenvalue weighted by Gasteiger charge is -2.13. The number of aryl methyl sites for hydroxylation is 3. The first-order chi connectivity index (χ1) is 9.92. The predicted molar refractivity (Wildman–Crippen MR) is 86.6 cm³/mol. The number of methoxy groups -OCH3 is 1. The second-order valence-corrected chi connectivity index (χ2v) is 5.46. The maximum absolute atomic E-state index is 12.3. The van der Waals surface area contributed by atoms with Crippen LogP contribution in [0.5, 0.6) is 5.75 Å². The lowest BCUT2D eigenvalue weighted by Crippen LogP contribution is -2.13. The predicted octanol–water partition coefficient (Wildman–Crippen LogP) is 4.53. The molecule has 110 valence electrons. The largest absolute Gasteiger partial charge is 0.495 e. The number of benzene rings is 2. The van der Waals surface area contributed by atoms with E-state index in [2.05, 4.69) is 5.32 Å². The molecule has 1 amide bonds. The molecule has 2 rings (SSSR count). The Morgan fingerprint density at radius 1 is 1.05 bits per heavy atom. The van der Waals surface area contributed by atoms with Gasteiger partial charge in [-0.2, -0.15) is 0 Å². The van der Waals surface area contributed by atoms with Crippen molar-refractivity contribution in [3.8, 4) is 5.75 Å². The van der Waals surface area contributed by atoms with E-state index >= 15 is 0 Å². The molecular weight excluding hydrogens is 286 g/mol. The molecule has 0 atom stereocenters. The third-order valence-corrected chi connectivity index (χ3v) is 3.91. The first kappa shape index (κ1) is 15.4. The number of carbonyl (C=O) groups is 1. The molecule has 0 aromatic heterocycles. The van der Waals surface area contributed by atoms with Gasteiger partial charge in [-0.25, -0.2) is 0 Å². The van der Waals surface area contributed by atoms with Crippen molar-refractivity contribution in [2.24, 2.45) is 0 Å². The summed E-state index contributed by atoms with van der Waals surface area (Å²) >= 11 is 6.06. The molecule has 0 aliphatic heterocycles. The van der Waals surface area contributed by atoms with E-state index in [0.29, 0.717) is 22.0 Å². The van der Waals surface area contributed by atoms with Crippen molar-refractivity contribution in [1.29, 1.82) is 0 Å². The number of amides is 1. The number of carbonyl (C=O) groups excluding carboxylic acids is 1. The number of ether oxygens (including phenoxy) is 1.